The Morgan fingerprint density at radius 1 is 1.33 bits per heavy atom. The Bertz CT molecular complexity index is 50.3. The van der Waals surface area contributed by atoms with Gasteiger partial charge in [0.15, 0.2) is 0 Å². The van der Waals surface area contributed by atoms with Crippen molar-refractivity contribution in [3.05, 3.63) is 0 Å². The molecule has 0 saturated carbocycles. The number of hydrogen-bond acceptors (Lipinski definition) is 1. The zero-order valence-electron chi connectivity index (χ0n) is 6.52. The molecule has 0 heterocycles. The fourth-order valence-electron chi connectivity index (χ4n) is 0.636. The number of methoxy groups -OCH3 is 1. The van der Waals surface area contributed by atoms with Crippen LogP contribution in [-0.4, -0.2) is 22.5 Å². The first kappa shape index (κ1) is 11.9. The summed E-state index contributed by atoms with van der Waals surface area (Å²) in [6.07, 6.45) is 1.26. The van der Waals surface area contributed by atoms with Gasteiger partial charge in [0.25, 0.3) is 0 Å². The van der Waals surface area contributed by atoms with Crippen LogP contribution in [0.2, 0.25) is 19.1 Å². The Labute approximate surface area is 58.4 Å². The van der Waals surface area contributed by atoms with Crippen LogP contribution < -0.4 is 0 Å². The molecule has 0 aromatic rings. The lowest BCUT2D eigenvalue weighted by molar-refractivity contribution is 0.199. The van der Waals surface area contributed by atoms with Crippen LogP contribution in [0.3, 0.4) is 0 Å². The first-order valence-corrected chi connectivity index (χ1v) is 6.39. The largest absolute Gasteiger partial charge is 0.385 e. The van der Waals surface area contributed by atoms with Gasteiger partial charge in [-0.15, -0.1) is 0 Å². The van der Waals surface area contributed by atoms with Gasteiger partial charge in [0, 0.05) is 22.5 Å². The zero-order valence-corrected chi connectivity index (χ0v) is 7.67. The first-order valence-electron chi connectivity index (χ1n) is 3.26. The van der Waals surface area contributed by atoms with E-state index in [1.165, 1.54) is 12.5 Å². The van der Waals surface area contributed by atoms with E-state index in [2.05, 4.69) is 13.1 Å². The minimum atomic E-state index is -0.282. The first-order chi connectivity index (χ1) is 3.77. The summed E-state index contributed by atoms with van der Waals surface area (Å²) in [5, 5.41) is 0. The number of ether oxygens (including phenoxy) is 1. The van der Waals surface area contributed by atoms with Gasteiger partial charge in [-0.3, -0.25) is 4.70 Å². The Hall–Kier alpha value is 0.107. The van der Waals surface area contributed by atoms with E-state index in [-0.39, 0.29) is 13.5 Å². The molecule has 0 aliphatic heterocycles. The molecule has 0 N–H and O–H groups in total. The number of hydrogen-bond donors (Lipinski definition) is 0. The van der Waals surface area contributed by atoms with Crippen molar-refractivity contribution < 1.29 is 9.44 Å². The minimum absolute atomic E-state index is 0. The molecule has 0 amide bonds. The minimum Gasteiger partial charge on any atom is -0.385 e. The van der Waals surface area contributed by atoms with Crippen molar-refractivity contribution in [2.75, 3.05) is 13.7 Å². The Balaban J connectivity index is 0. The molecule has 0 spiro atoms. The van der Waals surface area contributed by atoms with Crippen molar-refractivity contribution in [1.82, 2.24) is 0 Å². The van der Waals surface area contributed by atoms with E-state index in [1.807, 2.05) is 0 Å². The highest BCUT2D eigenvalue weighted by Crippen LogP contribution is 1.95. The summed E-state index contributed by atoms with van der Waals surface area (Å²) in [6, 6.07) is 1.42. The van der Waals surface area contributed by atoms with Crippen LogP contribution in [0.15, 0.2) is 0 Å². The fourth-order valence-corrected chi connectivity index (χ4v) is 1.62. The quantitative estimate of drug-likeness (QED) is 0.440. The second kappa shape index (κ2) is 8.11. The molecule has 0 fully saturated rings. The van der Waals surface area contributed by atoms with Crippen molar-refractivity contribution in [1.29, 1.82) is 0 Å². The average Bonchev–Trinajstić information content (AvgIpc) is 1.66. The highest BCUT2D eigenvalue weighted by molar-refractivity contribution is 6.55. The van der Waals surface area contributed by atoms with Gasteiger partial charge < -0.3 is 4.74 Å². The normalized spacial score (nSPS) is 9.33. The van der Waals surface area contributed by atoms with E-state index in [9.17, 15) is 0 Å². The fraction of sp³-hybridized carbons (Fsp3) is 1.00. The summed E-state index contributed by atoms with van der Waals surface area (Å²) >= 11 is 0. The van der Waals surface area contributed by atoms with Gasteiger partial charge in [0.1, 0.15) is 0 Å². The van der Waals surface area contributed by atoms with Crippen LogP contribution in [0.4, 0.5) is 4.70 Å². The third-order valence-corrected chi connectivity index (χ3v) is 2.69. The molecule has 0 aliphatic carbocycles. The summed E-state index contributed by atoms with van der Waals surface area (Å²) in [5.41, 5.74) is 0. The average molecular weight is 152 g/mol. The maximum Gasteiger partial charge on any atom is 0.0459 e. The van der Waals surface area contributed by atoms with Crippen molar-refractivity contribution >= 4 is 8.80 Å². The molecule has 0 rings (SSSR count). The van der Waals surface area contributed by atoms with Crippen LogP contribution in [-0.2, 0) is 4.74 Å². The monoisotopic (exact) mass is 152 g/mol. The highest BCUT2D eigenvalue weighted by atomic mass is 28.3. The molecule has 0 unspecified atom stereocenters. The van der Waals surface area contributed by atoms with E-state index >= 15 is 0 Å². The molecule has 1 nitrogen and oxygen atoms in total. The lowest BCUT2D eigenvalue weighted by Gasteiger charge is -1.99. The number of halogens is 1. The van der Waals surface area contributed by atoms with Crippen LogP contribution in [0.25, 0.3) is 0 Å². The van der Waals surface area contributed by atoms with Crippen molar-refractivity contribution in [3.63, 3.8) is 0 Å². The molecule has 0 bridgehead atoms. The van der Waals surface area contributed by atoms with Crippen LogP contribution >= 0.6 is 0 Å². The van der Waals surface area contributed by atoms with E-state index in [0.29, 0.717) is 0 Å². The third kappa shape index (κ3) is 11.6. The second-order valence-electron chi connectivity index (χ2n) is 2.53. The zero-order chi connectivity index (χ0) is 6.41. The van der Waals surface area contributed by atoms with Crippen LogP contribution in [0, 0.1) is 0 Å². The molecule has 0 atom stereocenters. The standard InChI is InChI=1S/C6H16OSi.FH/c1-7-5-4-6-8(2)3;/h8H,4-6H2,1-3H3;1H. The topological polar surface area (TPSA) is 9.23 Å². The lowest BCUT2D eigenvalue weighted by atomic mass is 10.5. The summed E-state index contributed by atoms with van der Waals surface area (Å²) in [5.74, 6) is 0. The van der Waals surface area contributed by atoms with Crippen LogP contribution in [0.5, 0.6) is 0 Å². The van der Waals surface area contributed by atoms with E-state index in [4.69, 9.17) is 4.74 Å². The Morgan fingerprint density at radius 2 is 1.89 bits per heavy atom. The van der Waals surface area contributed by atoms with Gasteiger partial charge in [-0.1, -0.05) is 19.1 Å². The Kier molecular flexibility index (Phi) is 10.7. The lowest BCUT2D eigenvalue weighted by Crippen LogP contribution is -2.00. The van der Waals surface area contributed by atoms with Gasteiger partial charge >= 0.3 is 0 Å². The molecular formula is C6H17FOSi. The van der Waals surface area contributed by atoms with Crippen molar-refractivity contribution in [2.45, 2.75) is 25.6 Å². The molecule has 58 valence electrons. The molecule has 9 heavy (non-hydrogen) atoms. The predicted molar refractivity (Wildman–Crippen MR) is 42.7 cm³/mol. The molecule has 0 aliphatic rings. The van der Waals surface area contributed by atoms with Crippen molar-refractivity contribution in [2.24, 2.45) is 0 Å². The van der Waals surface area contributed by atoms with Crippen LogP contribution in [0.1, 0.15) is 6.42 Å². The summed E-state index contributed by atoms with van der Waals surface area (Å²) in [7, 11) is 1.48. The van der Waals surface area contributed by atoms with Gasteiger partial charge in [0.2, 0.25) is 0 Å². The van der Waals surface area contributed by atoms with E-state index in [1.54, 1.807) is 7.11 Å². The van der Waals surface area contributed by atoms with Gasteiger partial charge in [-0.2, -0.15) is 0 Å². The maximum atomic E-state index is 4.91. The third-order valence-electron chi connectivity index (χ3n) is 1.13. The summed E-state index contributed by atoms with van der Waals surface area (Å²) in [4.78, 5) is 0. The molecule has 3 heteroatoms. The summed E-state index contributed by atoms with van der Waals surface area (Å²) < 4.78 is 4.91. The Morgan fingerprint density at radius 3 is 2.22 bits per heavy atom. The van der Waals surface area contributed by atoms with Gasteiger partial charge in [-0.25, -0.2) is 0 Å². The summed E-state index contributed by atoms with van der Waals surface area (Å²) in [6.45, 7) is 5.69. The maximum absolute atomic E-state index is 4.91. The SMILES string of the molecule is COCCC[SiH](C)C.F. The van der Waals surface area contributed by atoms with Gasteiger partial charge in [-0.05, 0) is 6.42 Å². The molecule has 0 aromatic heterocycles. The van der Waals surface area contributed by atoms with Crippen molar-refractivity contribution in [3.8, 4) is 0 Å². The van der Waals surface area contributed by atoms with E-state index < -0.39 is 0 Å². The second-order valence-corrected chi connectivity index (χ2v) is 5.89. The highest BCUT2D eigenvalue weighted by Gasteiger charge is 1.92. The molecular weight excluding hydrogens is 135 g/mol. The van der Waals surface area contributed by atoms with Gasteiger partial charge in [0.05, 0.1) is 0 Å². The molecule has 0 radical (unpaired) electrons. The molecule has 0 aromatic carbocycles. The molecule has 0 saturated heterocycles. The predicted octanol–water partition coefficient (Wildman–Crippen LogP) is 1.66. The van der Waals surface area contributed by atoms with E-state index in [0.717, 1.165) is 6.61 Å². The number of rotatable bonds is 4. The smallest absolute Gasteiger partial charge is 0.0459 e.